The van der Waals surface area contributed by atoms with Crippen molar-refractivity contribution in [2.24, 2.45) is 0 Å². The van der Waals surface area contributed by atoms with Gasteiger partial charge in [0, 0.05) is 25.0 Å². The lowest BCUT2D eigenvalue weighted by molar-refractivity contribution is 0.149. The van der Waals surface area contributed by atoms with Crippen molar-refractivity contribution in [1.82, 2.24) is 14.9 Å². The van der Waals surface area contributed by atoms with Crippen LogP contribution in [-0.2, 0) is 6.54 Å². The summed E-state index contributed by atoms with van der Waals surface area (Å²) in [5, 5.41) is 13.0. The first-order valence-corrected chi connectivity index (χ1v) is 5.59. The Hall–Kier alpha value is -1.20. The lowest BCUT2D eigenvalue weighted by Gasteiger charge is -2.13. The monoisotopic (exact) mass is 223 g/mol. The van der Waals surface area contributed by atoms with Gasteiger partial charge >= 0.3 is 5.69 Å². The van der Waals surface area contributed by atoms with E-state index >= 15 is 0 Å². The van der Waals surface area contributed by atoms with Crippen molar-refractivity contribution in [2.75, 3.05) is 6.54 Å². The van der Waals surface area contributed by atoms with Crippen LogP contribution in [0.3, 0.4) is 0 Å². The number of aliphatic hydroxyl groups excluding tert-OH is 1. The minimum Gasteiger partial charge on any atom is -0.390 e. The SMILES string of the molecule is Cc1cnc(=O)n(CC(O)CNC2CC2)c1. The third-order valence-corrected chi connectivity index (χ3v) is 2.61. The van der Waals surface area contributed by atoms with Crippen LogP contribution in [0.25, 0.3) is 0 Å². The third-order valence-electron chi connectivity index (χ3n) is 2.61. The summed E-state index contributed by atoms with van der Waals surface area (Å²) in [4.78, 5) is 15.1. The first-order chi connectivity index (χ1) is 7.65. The van der Waals surface area contributed by atoms with Gasteiger partial charge in [-0.05, 0) is 25.3 Å². The van der Waals surface area contributed by atoms with E-state index in [1.165, 1.54) is 23.6 Å². The Kier molecular flexibility index (Phi) is 3.36. The fraction of sp³-hybridized carbons (Fsp3) is 0.636. The Morgan fingerprint density at radius 3 is 3.12 bits per heavy atom. The molecule has 1 aliphatic carbocycles. The summed E-state index contributed by atoms with van der Waals surface area (Å²) in [6.45, 7) is 2.70. The molecule has 2 N–H and O–H groups in total. The van der Waals surface area contributed by atoms with E-state index in [2.05, 4.69) is 10.3 Å². The van der Waals surface area contributed by atoms with Crippen molar-refractivity contribution >= 4 is 0 Å². The van der Waals surface area contributed by atoms with Crippen molar-refractivity contribution in [3.05, 3.63) is 28.4 Å². The maximum absolute atomic E-state index is 11.4. The number of aliphatic hydroxyl groups is 1. The molecule has 1 saturated carbocycles. The van der Waals surface area contributed by atoms with E-state index in [1.807, 2.05) is 6.92 Å². The lowest BCUT2D eigenvalue weighted by Crippen LogP contribution is -2.35. The minimum absolute atomic E-state index is 0.299. The highest BCUT2D eigenvalue weighted by molar-refractivity contribution is 4.99. The van der Waals surface area contributed by atoms with Crippen LogP contribution in [0.1, 0.15) is 18.4 Å². The molecule has 5 heteroatoms. The zero-order valence-electron chi connectivity index (χ0n) is 9.39. The van der Waals surface area contributed by atoms with E-state index in [4.69, 9.17) is 0 Å². The molecule has 0 saturated heterocycles. The Labute approximate surface area is 94.1 Å². The standard InChI is InChI=1S/C11H17N3O2/c1-8-4-13-11(16)14(6-8)7-10(15)5-12-9-2-3-9/h4,6,9-10,12,15H,2-3,5,7H2,1H3. The topological polar surface area (TPSA) is 67.2 Å². The molecule has 16 heavy (non-hydrogen) atoms. The number of aryl methyl sites for hydroxylation is 1. The van der Waals surface area contributed by atoms with Gasteiger partial charge in [0.1, 0.15) is 0 Å². The van der Waals surface area contributed by atoms with Crippen LogP contribution in [0.4, 0.5) is 0 Å². The van der Waals surface area contributed by atoms with E-state index in [-0.39, 0.29) is 5.69 Å². The van der Waals surface area contributed by atoms with Crippen LogP contribution in [0, 0.1) is 6.92 Å². The summed E-state index contributed by atoms with van der Waals surface area (Å²) in [6, 6.07) is 0.571. The molecule has 88 valence electrons. The van der Waals surface area contributed by atoms with Crippen molar-refractivity contribution in [3.8, 4) is 0 Å². The fourth-order valence-corrected chi connectivity index (χ4v) is 1.58. The zero-order valence-corrected chi connectivity index (χ0v) is 9.39. The van der Waals surface area contributed by atoms with Crippen LogP contribution in [0.5, 0.6) is 0 Å². The van der Waals surface area contributed by atoms with Crippen molar-refractivity contribution in [2.45, 2.75) is 38.5 Å². The van der Waals surface area contributed by atoms with Gasteiger partial charge in [0.2, 0.25) is 0 Å². The minimum atomic E-state index is -0.540. The van der Waals surface area contributed by atoms with Gasteiger partial charge in [0.05, 0.1) is 12.6 Å². The molecule has 0 aromatic carbocycles. The quantitative estimate of drug-likeness (QED) is 0.717. The second-order valence-corrected chi connectivity index (χ2v) is 4.40. The lowest BCUT2D eigenvalue weighted by atomic mass is 10.3. The van der Waals surface area contributed by atoms with E-state index < -0.39 is 6.10 Å². The molecule has 0 bridgehead atoms. The first-order valence-electron chi connectivity index (χ1n) is 5.59. The Balaban J connectivity index is 1.90. The van der Waals surface area contributed by atoms with E-state index in [1.54, 1.807) is 6.20 Å². The van der Waals surface area contributed by atoms with Crippen LogP contribution in [-0.4, -0.2) is 33.3 Å². The molecule has 1 unspecified atom stereocenters. The molecule has 1 aliphatic rings. The summed E-state index contributed by atoms with van der Waals surface area (Å²) >= 11 is 0. The van der Waals surface area contributed by atoms with Gasteiger partial charge in [0.25, 0.3) is 0 Å². The highest BCUT2D eigenvalue weighted by Crippen LogP contribution is 2.18. The predicted octanol–water partition coefficient (Wildman–Crippen LogP) is -0.335. The summed E-state index contributed by atoms with van der Waals surface area (Å²) in [6.07, 6.45) is 5.10. The number of hydrogen-bond donors (Lipinski definition) is 2. The fourth-order valence-electron chi connectivity index (χ4n) is 1.58. The van der Waals surface area contributed by atoms with E-state index in [0.29, 0.717) is 19.1 Å². The van der Waals surface area contributed by atoms with E-state index in [0.717, 1.165) is 5.56 Å². The molecule has 2 rings (SSSR count). The molecular formula is C11H17N3O2. The number of nitrogens with one attached hydrogen (secondary N) is 1. The van der Waals surface area contributed by atoms with Gasteiger partial charge in [-0.2, -0.15) is 0 Å². The van der Waals surface area contributed by atoms with Crippen LogP contribution >= 0.6 is 0 Å². The normalized spacial score (nSPS) is 17.4. The molecule has 0 aliphatic heterocycles. The highest BCUT2D eigenvalue weighted by atomic mass is 16.3. The molecular weight excluding hydrogens is 206 g/mol. The molecule has 0 radical (unpaired) electrons. The van der Waals surface area contributed by atoms with Gasteiger partial charge in [0.15, 0.2) is 0 Å². The highest BCUT2D eigenvalue weighted by Gasteiger charge is 2.21. The largest absolute Gasteiger partial charge is 0.390 e. The summed E-state index contributed by atoms with van der Waals surface area (Å²) in [7, 11) is 0. The number of hydrogen-bond acceptors (Lipinski definition) is 4. The summed E-state index contributed by atoms with van der Waals surface area (Å²) < 4.78 is 1.45. The molecule has 0 amide bonds. The molecule has 1 heterocycles. The van der Waals surface area contributed by atoms with Gasteiger partial charge in [-0.25, -0.2) is 9.78 Å². The molecule has 1 fully saturated rings. The molecule has 1 aromatic rings. The molecule has 1 aromatic heterocycles. The van der Waals surface area contributed by atoms with Crippen molar-refractivity contribution in [1.29, 1.82) is 0 Å². The number of nitrogens with zero attached hydrogens (tertiary/aromatic N) is 2. The van der Waals surface area contributed by atoms with E-state index in [9.17, 15) is 9.90 Å². The second-order valence-electron chi connectivity index (χ2n) is 4.40. The van der Waals surface area contributed by atoms with Gasteiger partial charge < -0.3 is 10.4 Å². The average molecular weight is 223 g/mol. The van der Waals surface area contributed by atoms with Crippen LogP contribution in [0.15, 0.2) is 17.2 Å². The predicted molar refractivity (Wildman–Crippen MR) is 60.3 cm³/mol. The maximum Gasteiger partial charge on any atom is 0.347 e. The Bertz CT molecular complexity index is 412. The Morgan fingerprint density at radius 1 is 1.69 bits per heavy atom. The molecule has 1 atom stereocenters. The zero-order chi connectivity index (χ0) is 11.5. The number of aromatic nitrogens is 2. The average Bonchev–Trinajstić information content (AvgIpc) is 3.04. The second kappa shape index (κ2) is 4.76. The Morgan fingerprint density at radius 2 is 2.44 bits per heavy atom. The summed E-state index contributed by atoms with van der Waals surface area (Å²) in [5.41, 5.74) is 0.609. The van der Waals surface area contributed by atoms with Crippen molar-refractivity contribution < 1.29 is 5.11 Å². The first kappa shape index (κ1) is 11.3. The smallest absolute Gasteiger partial charge is 0.347 e. The molecule has 0 spiro atoms. The van der Waals surface area contributed by atoms with Gasteiger partial charge in [-0.3, -0.25) is 4.57 Å². The molecule has 5 nitrogen and oxygen atoms in total. The van der Waals surface area contributed by atoms with Gasteiger partial charge in [-0.15, -0.1) is 0 Å². The van der Waals surface area contributed by atoms with Crippen LogP contribution in [0.2, 0.25) is 0 Å². The van der Waals surface area contributed by atoms with Gasteiger partial charge in [-0.1, -0.05) is 0 Å². The number of rotatable bonds is 5. The van der Waals surface area contributed by atoms with Crippen molar-refractivity contribution in [3.63, 3.8) is 0 Å². The van der Waals surface area contributed by atoms with Crippen LogP contribution < -0.4 is 11.0 Å². The maximum atomic E-state index is 11.4. The summed E-state index contributed by atoms with van der Waals surface area (Å²) in [5.74, 6) is 0. The third kappa shape index (κ3) is 3.15.